The summed E-state index contributed by atoms with van der Waals surface area (Å²) in [5.41, 5.74) is 1.21. The summed E-state index contributed by atoms with van der Waals surface area (Å²) in [7, 11) is 0. The lowest BCUT2D eigenvalue weighted by Crippen LogP contribution is -2.54. The molecule has 1 aromatic carbocycles. The fourth-order valence-corrected chi connectivity index (χ4v) is 6.71. The molecule has 0 aromatic heterocycles. The molecule has 10 heteroatoms. The van der Waals surface area contributed by atoms with E-state index in [0.29, 0.717) is 42.7 Å². The van der Waals surface area contributed by atoms with Gasteiger partial charge in [-0.05, 0) is 95.5 Å². The second kappa shape index (κ2) is 14.5. The first kappa shape index (κ1) is 32.5. The van der Waals surface area contributed by atoms with Crippen LogP contribution in [0.15, 0.2) is 42.5 Å². The van der Waals surface area contributed by atoms with Crippen molar-refractivity contribution in [3.05, 3.63) is 65.3 Å². The lowest BCUT2D eigenvalue weighted by molar-refractivity contribution is -0.143. The highest BCUT2D eigenvalue weighted by atomic mass is 35.5. The molecule has 1 aromatic rings. The maximum atomic E-state index is 13.4. The van der Waals surface area contributed by atoms with Crippen LogP contribution in [0.25, 0.3) is 0 Å². The minimum absolute atomic E-state index is 0.0846. The monoisotopic (exact) mass is 624 g/mol. The van der Waals surface area contributed by atoms with Crippen molar-refractivity contribution in [3.8, 4) is 0 Å². The number of halogens is 1. The van der Waals surface area contributed by atoms with E-state index in [9.17, 15) is 14.4 Å². The number of morpholine rings is 1. The van der Waals surface area contributed by atoms with Crippen LogP contribution < -0.4 is 5.32 Å². The molecular weight excluding hydrogens is 580 g/mol. The van der Waals surface area contributed by atoms with Crippen molar-refractivity contribution in [3.63, 3.8) is 0 Å². The van der Waals surface area contributed by atoms with Crippen LogP contribution in [0, 0.1) is 12.5 Å². The van der Waals surface area contributed by atoms with E-state index in [-0.39, 0.29) is 36.0 Å². The maximum absolute atomic E-state index is 13.4. The molecular formula is C34H45ClN4O5. The highest BCUT2D eigenvalue weighted by Gasteiger charge is 2.36. The van der Waals surface area contributed by atoms with E-state index < -0.39 is 5.60 Å². The number of benzene rings is 1. The molecule has 3 fully saturated rings. The largest absolute Gasteiger partial charge is 0.444 e. The van der Waals surface area contributed by atoms with Gasteiger partial charge in [0.05, 0.1) is 6.04 Å². The van der Waals surface area contributed by atoms with E-state index in [1.165, 1.54) is 0 Å². The van der Waals surface area contributed by atoms with Gasteiger partial charge in [0.1, 0.15) is 11.7 Å². The van der Waals surface area contributed by atoms with E-state index >= 15 is 0 Å². The Bertz CT molecular complexity index is 1240. The molecule has 2 atom stereocenters. The predicted molar refractivity (Wildman–Crippen MR) is 169 cm³/mol. The van der Waals surface area contributed by atoms with Crippen molar-refractivity contribution in [1.29, 1.82) is 0 Å². The highest BCUT2D eigenvalue weighted by molar-refractivity contribution is 6.31. The zero-order chi connectivity index (χ0) is 31.3. The smallest absolute Gasteiger partial charge is 0.410 e. The van der Waals surface area contributed by atoms with Gasteiger partial charge in [-0.2, -0.15) is 0 Å². The minimum atomic E-state index is -0.494. The number of rotatable bonds is 8. The van der Waals surface area contributed by atoms with E-state index in [2.05, 4.69) is 16.8 Å². The van der Waals surface area contributed by atoms with Gasteiger partial charge in [-0.25, -0.2) is 4.79 Å². The zero-order valence-corrected chi connectivity index (χ0v) is 26.9. The van der Waals surface area contributed by atoms with E-state index in [0.717, 1.165) is 57.3 Å². The van der Waals surface area contributed by atoms with Crippen LogP contribution in [-0.2, 0) is 14.3 Å². The number of nitrogens with one attached hydrogen (secondary N) is 1. The first-order valence-electron chi connectivity index (χ1n) is 15.9. The maximum Gasteiger partial charge on any atom is 0.410 e. The van der Waals surface area contributed by atoms with Gasteiger partial charge in [-0.15, -0.1) is 0 Å². The second-order valence-electron chi connectivity index (χ2n) is 13.2. The summed E-state index contributed by atoms with van der Waals surface area (Å²) in [4.78, 5) is 44.2. The molecule has 0 bridgehead atoms. The SMILES string of the molecule is CC(C)(C)OC(=O)N1CCC(CCNC(=O)c2cc(Cl)ccc2C2CCN(CCN3C(=O)[C]OC4C=CC=CC43)CC2)CC1. The standard InChI is InChI=1S/C34H45ClN4O5/c1-34(2,3)44-33(42)38-18-11-24(12-19-38)10-15-36-32(41)28-22-26(35)8-9-27(28)25-13-16-37(17-14-25)20-21-39-29-6-4-5-7-30(29)43-23-31(39)40/h4-9,22,24-25,29-30H,10-21H2,1-3H3,(H,36,41). The van der Waals surface area contributed by atoms with Crippen molar-refractivity contribution in [1.82, 2.24) is 20.0 Å². The van der Waals surface area contributed by atoms with Crippen molar-refractivity contribution in [2.75, 3.05) is 45.8 Å². The van der Waals surface area contributed by atoms with Crippen molar-refractivity contribution in [2.45, 2.75) is 76.5 Å². The van der Waals surface area contributed by atoms with Gasteiger partial charge in [0.15, 0.2) is 0 Å². The van der Waals surface area contributed by atoms with Crippen LogP contribution in [0.4, 0.5) is 4.79 Å². The third-order valence-corrected chi connectivity index (χ3v) is 9.24. The number of ether oxygens (including phenoxy) is 2. The normalized spacial score (nSPS) is 23.5. The lowest BCUT2D eigenvalue weighted by Gasteiger charge is -2.40. The Morgan fingerprint density at radius 2 is 1.77 bits per heavy atom. The van der Waals surface area contributed by atoms with Crippen LogP contribution in [0.1, 0.15) is 74.7 Å². The number of piperidine rings is 2. The second-order valence-corrected chi connectivity index (χ2v) is 13.7. The number of allylic oxidation sites excluding steroid dienone is 2. The summed E-state index contributed by atoms with van der Waals surface area (Å²) in [6.07, 6.45) is 12.0. The predicted octanol–water partition coefficient (Wildman–Crippen LogP) is 5.05. The third-order valence-electron chi connectivity index (χ3n) is 9.01. The Morgan fingerprint density at radius 1 is 1.05 bits per heavy atom. The summed E-state index contributed by atoms with van der Waals surface area (Å²) in [6, 6.07) is 5.58. The molecule has 3 heterocycles. The summed E-state index contributed by atoms with van der Waals surface area (Å²) >= 11 is 6.35. The quantitative estimate of drug-likeness (QED) is 0.436. The minimum Gasteiger partial charge on any atom is -0.444 e. The number of fused-ring (bicyclic) bond motifs is 1. The molecule has 1 N–H and O–H groups in total. The van der Waals surface area contributed by atoms with Gasteiger partial charge >= 0.3 is 6.09 Å². The van der Waals surface area contributed by atoms with Gasteiger partial charge in [-0.1, -0.05) is 42.0 Å². The average Bonchev–Trinajstić information content (AvgIpc) is 3.00. The number of carbonyl (C=O) groups is 3. The molecule has 3 aliphatic heterocycles. The molecule has 2 radical (unpaired) electrons. The summed E-state index contributed by atoms with van der Waals surface area (Å²) in [5.74, 6) is 0.434. The Morgan fingerprint density at radius 3 is 2.50 bits per heavy atom. The number of likely N-dealkylation sites (tertiary alicyclic amines) is 2. The van der Waals surface area contributed by atoms with Gasteiger partial charge in [0.25, 0.3) is 11.8 Å². The number of amides is 3. The van der Waals surface area contributed by atoms with Crippen LogP contribution in [-0.4, -0.2) is 96.2 Å². The average molecular weight is 625 g/mol. The number of hydrogen-bond acceptors (Lipinski definition) is 6. The van der Waals surface area contributed by atoms with Gasteiger partial charge in [-0.3, -0.25) is 9.59 Å². The summed E-state index contributed by atoms with van der Waals surface area (Å²) < 4.78 is 10.9. The molecule has 0 saturated carbocycles. The fourth-order valence-electron chi connectivity index (χ4n) is 6.54. The number of carbonyl (C=O) groups excluding carboxylic acids is 3. The molecule has 0 spiro atoms. The Labute approximate surface area is 266 Å². The molecule has 1 aliphatic carbocycles. The molecule has 5 rings (SSSR count). The number of nitrogens with zero attached hydrogens (tertiary/aromatic N) is 3. The third kappa shape index (κ3) is 8.43. The van der Waals surface area contributed by atoms with E-state index in [4.69, 9.17) is 21.1 Å². The van der Waals surface area contributed by atoms with E-state index in [1.54, 1.807) is 11.0 Å². The van der Waals surface area contributed by atoms with Gasteiger partial charge < -0.3 is 29.5 Å². The van der Waals surface area contributed by atoms with Crippen LogP contribution in [0.3, 0.4) is 0 Å². The van der Waals surface area contributed by atoms with Crippen LogP contribution in [0.2, 0.25) is 5.02 Å². The van der Waals surface area contributed by atoms with Crippen molar-refractivity contribution in [2.24, 2.45) is 5.92 Å². The van der Waals surface area contributed by atoms with Crippen molar-refractivity contribution < 1.29 is 23.9 Å². The molecule has 9 nitrogen and oxygen atoms in total. The van der Waals surface area contributed by atoms with Crippen LogP contribution in [0.5, 0.6) is 0 Å². The molecule has 238 valence electrons. The zero-order valence-electron chi connectivity index (χ0n) is 26.1. The number of hydrogen-bond donors (Lipinski definition) is 1. The topological polar surface area (TPSA) is 91.4 Å². The molecule has 44 heavy (non-hydrogen) atoms. The molecule has 4 aliphatic rings. The molecule has 3 amide bonds. The Balaban J connectivity index is 1.07. The Kier molecular flexibility index (Phi) is 10.7. The Hall–Kier alpha value is -2.88. The summed E-state index contributed by atoms with van der Waals surface area (Å²) in [6.45, 7) is 13.3. The lowest BCUT2D eigenvalue weighted by atomic mass is 9.86. The van der Waals surface area contributed by atoms with Gasteiger partial charge in [0, 0.05) is 43.3 Å². The molecule has 2 unspecified atom stereocenters. The van der Waals surface area contributed by atoms with Gasteiger partial charge in [0.2, 0.25) is 6.61 Å². The summed E-state index contributed by atoms with van der Waals surface area (Å²) in [5, 5.41) is 3.69. The fraction of sp³-hybridized carbons (Fsp3) is 0.588. The highest BCUT2D eigenvalue weighted by Crippen LogP contribution is 2.32. The van der Waals surface area contributed by atoms with E-state index in [1.807, 2.05) is 62.1 Å². The van der Waals surface area contributed by atoms with Crippen LogP contribution >= 0.6 is 11.6 Å². The first-order chi connectivity index (χ1) is 21.1. The first-order valence-corrected chi connectivity index (χ1v) is 16.3. The molecule has 3 saturated heterocycles. The van der Waals surface area contributed by atoms with Crippen molar-refractivity contribution >= 4 is 29.5 Å².